The van der Waals surface area contributed by atoms with Gasteiger partial charge in [-0.25, -0.2) is 0 Å². The van der Waals surface area contributed by atoms with E-state index in [4.69, 9.17) is 4.42 Å². The van der Waals surface area contributed by atoms with Crippen LogP contribution in [0.25, 0.3) is 11.0 Å². The van der Waals surface area contributed by atoms with Gasteiger partial charge in [0.15, 0.2) is 5.43 Å². The summed E-state index contributed by atoms with van der Waals surface area (Å²) in [6.45, 7) is 25.1. The van der Waals surface area contributed by atoms with Gasteiger partial charge in [-0.05, 0) is 145 Å². The Morgan fingerprint density at radius 2 is 1.60 bits per heavy atom. The first-order valence-electron chi connectivity index (χ1n) is 19.4. The van der Waals surface area contributed by atoms with E-state index in [2.05, 4.69) is 61.5 Å². The molecule has 6 rings (SSSR count). The molecule has 7 unspecified atom stereocenters. The summed E-state index contributed by atoms with van der Waals surface area (Å²) < 4.78 is 5.35. The quantitative estimate of drug-likeness (QED) is 0.263. The molecule has 276 valence electrons. The monoisotopic (exact) mass is 686 g/mol. The summed E-state index contributed by atoms with van der Waals surface area (Å²) in [6.07, 6.45) is 17.4. The predicted octanol–water partition coefficient (Wildman–Crippen LogP) is 11.5. The molecule has 2 saturated carbocycles. The maximum absolute atomic E-state index is 11.9. The number of phenols is 2. The number of fused-ring (bicyclic) bond motifs is 5. The number of phenolic OH excluding ortho intramolecular Hbond substituents is 2. The van der Waals surface area contributed by atoms with Crippen LogP contribution in [0.5, 0.6) is 11.5 Å². The summed E-state index contributed by atoms with van der Waals surface area (Å²) in [5.74, 6) is 2.48. The number of hydrogen-bond acceptors (Lipinski definition) is 5. The largest absolute Gasteiger partial charge is 0.507 e. The van der Waals surface area contributed by atoms with Crippen molar-refractivity contribution in [2.75, 3.05) is 0 Å². The van der Waals surface area contributed by atoms with Gasteiger partial charge in [-0.3, -0.25) is 4.79 Å². The van der Waals surface area contributed by atoms with Crippen molar-refractivity contribution in [1.29, 1.82) is 0 Å². The van der Waals surface area contributed by atoms with E-state index in [1.165, 1.54) is 75.5 Å². The summed E-state index contributed by atoms with van der Waals surface area (Å²) in [7, 11) is 0. The Bertz CT molecular complexity index is 1750. The van der Waals surface area contributed by atoms with E-state index < -0.39 is 0 Å². The highest BCUT2D eigenvalue weighted by atomic mass is 16.3. The number of aryl methyl sites for hydroxylation is 1. The Hall–Kier alpha value is -2.79. The van der Waals surface area contributed by atoms with Crippen LogP contribution >= 0.6 is 0 Å². The second-order valence-corrected chi connectivity index (χ2v) is 18.4. The van der Waals surface area contributed by atoms with Gasteiger partial charge in [-0.15, -0.1) is 0 Å². The molecular formula is C45H66O5. The van der Waals surface area contributed by atoms with E-state index in [1.807, 2.05) is 31.1 Å². The molecule has 5 heteroatoms. The standard InChI is InChI=1S/C30H50O.C15H16O4/c1-20(2)10-9-11-21(3)22-14-18-30(8)24-12-13-25-27(4,5)26(31)16-17-28(25,6)23(24)15-19-29(22,30)7;1-8(2)4-5-10-11(16)7-13-14(15(10)18)12(17)6-9(3)19-13/h10,21-22,25-26,31H,9,11-19H2,1-8H3;4,6-7,16,18H,5H2,1-3H3. The van der Waals surface area contributed by atoms with Crippen molar-refractivity contribution >= 4 is 11.0 Å². The first-order chi connectivity index (χ1) is 23.3. The third-order valence-electron chi connectivity index (χ3n) is 14.6. The van der Waals surface area contributed by atoms with Gasteiger partial charge in [0, 0.05) is 17.7 Å². The highest BCUT2D eigenvalue weighted by Crippen LogP contribution is 2.72. The first-order valence-corrected chi connectivity index (χ1v) is 19.4. The van der Waals surface area contributed by atoms with Gasteiger partial charge in [0.2, 0.25) is 0 Å². The molecule has 0 spiro atoms. The van der Waals surface area contributed by atoms with Crippen molar-refractivity contribution in [3.63, 3.8) is 0 Å². The van der Waals surface area contributed by atoms with Gasteiger partial charge in [0.25, 0.3) is 0 Å². The van der Waals surface area contributed by atoms with E-state index in [-0.39, 0.29) is 39.4 Å². The van der Waals surface area contributed by atoms with Crippen LogP contribution in [0.4, 0.5) is 0 Å². The maximum Gasteiger partial charge on any atom is 0.196 e. The molecule has 0 bridgehead atoms. The van der Waals surface area contributed by atoms with Crippen molar-refractivity contribution in [2.24, 2.45) is 39.4 Å². The van der Waals surface area contributed by atoms with Gasteiger partial charge in [0.05, 0.1) is 6.10 Å². The highest BCUT2D eigenvalue weighted by Gasteiger charge is 2.63. The summed E-state index contributed by atoms with van der Waals surface area (Å²) in [5, 5.41) is 31.0. The lowest BCUT2D eigenvalue weighted by atomic mass is 9.43. The van der Waals surface area contributed by atoms with E-state index in [1.54, 1.807) is 6.92 Å². The molecule has 50 heavy (non-hydrogen) atoms. The number of aliphatic hydroxyl groups excluding tert-OH is 1. The average molecular weight is 687 g/mol. The summed E-state index contributed by atoms with van der Waals surface area (Å²) in [5.41, 5.74) is 7.70. The summed E-state index contributed by atoms with van der Waals surface area (Å²) >= 11 is 0. The van der Waals surface area contributed by atoms with Crippen LogP contribution in [0.15, 0.2) is 55.8 Å². The van der Waals surface area contributed by atoms with E-state index >= 15 is 0 Å². The summed E-state index contributed by atoms with van der Waals surface area (Å²) in [6, 6.07) is 2.70. The lowest BCUT2D eigenvalue weighted by Crippen LogP contribution is -2.55. The van der Waals surface area contributed by atoms with Crippen molar-refractivity contribution in [3.8, 4) is 11.5 Å². The van der Waals surface area contributed by atoms with Gasteiger partial charge in [0.1, 0.15) is 28.2 Å². The van der Waals surface area contributed by atoms with Crippen LogP contribution in [0, 0.1) is 46.3 Å². The van der Waals surface area contributed by atoms with Crippen LogP contribution in [0.1, 0.15) is 145 Å². The van der Waals surface area contributed by atoms with Crippen LogP contribution in [-0.4, -0.2) is 21.4 Å². The minimum Gasteiger partial charge on any atom is -0.507 e. The molecule has 0 radical (unpaired) electrons. The van der Waals surface area contributed by atoms with Gasteiger partial charge >= 0.3 is 0 Å². The molecule has 5 nitrogen and oxygen atoms in total. The Morgan fingerprint density at radius 1 is 0.920 bits per heavy atom. The van der Waals surface area contributed by atoms with Crippen LogP contribution < -0.4 is 5.43 Å². The number of hydrogen-bond donors (Lipinski definition) is 3. The second-order valence-electron chi connectivity index (χ2n) is 18.4. The van der Waals surface area contributed by atoms with Crippen molar-refractivity contribution in [2.45, 2.75) is 153 Å². The maximum atomic E-state index is 11.9. The molecule has 7 atom stereocenters. The van der Waals surface area contributed by atoms with E-state index in [0.29, 0.717) is 39.9 Å². The van der Waals surface area contributed by atoms with Crippen LogP contribution in [0.3, 0.4) is 0 Å². The molecule has 4 aliphatic rings. The minimum absolute atomic E-state index is 0.0465. The van der Waals surface area contributed by atoms with Gasteiger partial charge < -0.3 is 19.7 Å². The average Bonchev–Trinajstić information content (AvgIpc) is 3.29. The zero-order chi connectivity index (χ0) is 37.0. The lowest BCUT2D eigenvalue weighted by Gasteiger charge is -2.62. The zero-order valence-corrected chi connectivity index (χ0v) is 33.1. The number of aromatic hydroxyl groups is 2. The molecular weight excluding hydrogens is 620 g/mol. The van der Waals surface area contributed by atoms with Gasteiger partial charge in [-0.2, -0.15) is 0 Å². The Kier molecular flexibility index (Phi) is 10.7. The second kappa shape index (κ2) is 14.0. The third-order valence-corrected chi connectivity index (χ3v) is 14.6. The Morgan fingerprint density at radius 3 is 2.26 bits per heavy atom. The SMILES string of the molecule is CC(C)=CCCC(C)C1CCC2(C)C3=C(CCC12C)C1(C)CCC(O)C(C)(C)C1CC3.CC(C)=CCc1c(O)cc2oc(C)cc(=O)c2c1O. The molecule has 0 saturated heterocycles. The molecule has 1 aromatic carbocycles. The van der Waals surface area contributed by atoms with Crippen LogP contribution in [0.2, 0.25) is 0 Å². The number of benzene rings is 1. The molecule has 0 amide bonds. The van der Waals surface area contributed by atoms with E-state index in [0.717, 1.165) is 23.8 Å². The highest BCUT2D eigenvalue weighted by molar-refractivity contribution is 5.86. The molecule has 1 heterocycles. The minimum atomic E-state index is -0.310. The number of rotatable bonds is 6. The van der Waals surface area contributed by atoms with Crippen molar-refractivity contribution < 1.29 is 19.7 Å². The third kappa shape index (κ3) is 6.54. The fourth-order valence-corrected chi connectivity index (χ4v) is 11.4. The summed E-state index contributed by atoms with van der Waals surface area (Å²) in [4.78, 5) is 11.9. The van der Waals surface area contributed by atoms with E-state index in [9.17, 15) is 20.1 Å². The normalized spacial score (nSPS) is 31.9. The molecule has 3 N–H and O–H groups in total. The molecule has 2 aromatic rings. The Balaban J connectivity index is 0.000000219. The Labute approximate surface area is 302 Å². The lowest BCUT2D eigenvalue weighted by molar-refractivity contribution is -0.0962. The molecule has 4 aliphatic carbocycles. The van der Waals surface area contributed by atoms with Gasteiger partial charge in [-0.1, -0.05) is 76.0 Å². The molecule has 1 aromatic heterocycles. The number of allylic oxidation sites excluding steroid dienone is 6. The topological polar surface area (TPSA) is 90.9 Å². The number of aliphatic hydroxyl groups is 1. The first kappa shape index (κ1) is 38.4. The van der Waals surface area contributed by atoms with Crippen molar-refractivity contribution in [3.05, 3.63) is 68.1 Å². The fraction of sp³-hybridized carbons (Fsp3) is 0.667. The molecule has 0 aliphatic heterocycles. The van der Waals surface area contributed by atoms with Crippen molar-refractivity contribution in [1.82, 2.24) is 0 Å². The molecule has 2 fully saturated rings. The zero-order valence-electron chi connectivity index (χ0n) is 33.1. The smallest absolute Gasteiger partial charge is 0.196 e. The van der Waals surface area contributed by atoms with Crippen LogP contribution in [-0.2, 0) is 6.42 Å². The fourth-order valence-electron chi connectivity index (χ4n) is 11.4. The predicted molar refractivity (Wildman–Crippen MR) is 207 cm³/mol.